The summed E-state index contributed by atoms with van der Waals surface area (Å²) in [6, 6.07) is 10.2. The van der Waals surface area contributed by atoms with E-state index >= 15 is 4.39 Å². The van der Waals surface area contributed by atoms with Crippen LogP contribution in [0.25, 0.3) is 38.6 Å². The van der Waals surface area contributed by atoms with Crippen molar-refractivity contribution in [2.24, 2.45) is 0 Å². The third-order valence-corrected chi connectivity index (χ3v) is 7.82. The van der Waals surface area contributed by atoms with E-state index in [-0.39, 0.29) is 46.8 Å². The number of anilines is 1. The van der Waals surface area contributed by atoms with E-state index in [0.29, 0.717) is 45.3 Å². The molecule has 0 fully saturated rings. The smallest absolute Gasteiger partial charge is 0.349 e. The van der Waals surface area contributed by atoms with Crippen LogP contribution in [0.15, 0.2) is 63.3 Å². The van der Waals surface area contributed by atoms with Gasteiger partial charge in [-0.3, -0.25) is 4.21 Å². The van der Waals surface area contributed by atoms with Gasteiger partial charge in [-0.1, -0.05) is 19.1 Å². The molecule has 220 valence electrons. The topological polar surface area (TPSA) is 134 Å². The van der Waals surface area contributed by atoms with Gasteiger partial charge in [0.15, 0.2) is 12.4 Å². The van der Waals surface area contributed by atoms with Crippen molar-refractivity contribution in [1.82, 2.24) is 24.6 Å². The molecule has 0 aliphatic heterocycles. The molecule has 13 heteroatoms. The Labute approximate surface area is 247 Å². The normalized spacial score (nSPS) is 12.3. The number of hydrogen-bond acceptors (Lipinski definition) is 10. The quantitative estimate of drug-likeness (QED) is 0.182. The number of fused-ring (bicyclic) bond motifs is 3. The minimum Gasteiger partial charge on any atom is -0.468 e. The zero-order valence-corrected chi connectivity index (χ0v) is 24.6. The van der Waals surface area contributed by atoms with Crippen LogP contribution in [-0.4, -0.2) is 48.9 Å². The van der Waals surface area contributed by atoms with Crippen LogP contribution in [0.2, 0.25) is 0 Å². The van der Waals surface area contributed by atoms with E-state index in [1.807, 2.05) is 19.1 Å². The molecule has 0 spiro atoms. The van der Waals surface area contributed by atoms with Gasteiger partial charge in [0.2, 0.25) is 5.16 Å². The Morgan fingerprint density at radius 1 is 1.14 bits per heavy atom. The second kappa shape index (κ2) is 11.5. The molecule has 0 aliphatic rings. The first kappa shape index (κ1) is 28.4. The number of hydrogen-bond donors (Lipinski definition) is 1. The fraction of sp³-hybridized carbons (Fsp3) is 0.233. The largest absolute Gasteiger partial charge is 0.468 e. The summed E-state index contributed by atoms with van der Waals surface area (Å²) >= 11 is 0. The molecular formula is C30H27FN6O5S. The van der Waals surface area contributed by atoms with Gasteiger partial charge >= 0.3 is 5.63 Å². The predicted octanol–water partition coefficient (Wildman–Crippen LogP) is 4.79. The first-order valence-corrected chi connectivity index (χ1v) is 14.9. The number of methoxy groups -OCH3 is 1. The first-order valence-electron chi connectivity index (χ1n) is 13.4. The summed E-state index contributed by atoms with van der Waals surface area (Å²) in [6.45, 7) is 3.87. The van der Waals surface area contributed by atoms with Gasteiger partial charge in [0, 0.05) is 37.2 Å². The van der Waals surface area contributed by atoms with Crippen molar-refractivity contribution in [2.75, 3.05) is 25.5 Å². The van der Waals surface area contributed by atoms with Crippen LogP contribution in [0.4, 0.5) is 10.2 Å². The average Bonchev–Trinajstić information content (AvgIpc) is 3.48. The highest BCUT2D eigenvalue weighted by Gasteiger charge is 2.23. The minimum atomic E-state index is -1.56. The van der Waals surface area contributed by atoms with Gasteiger partial charge in [0.1, 0.15) is 34.9 Å². The number of halogens is 1. The Morgan fingerprint density at radius 3 is 2.74 bits per heavy atom. The van der Waals surface area contributed by atoms with E-state index in [9.17, 15) is 9.00 Å². The molecule has 0 radical (unpaired) electrons. The standard InChI is InChI=1S/C30H27FN6O5S/c1-5-20-22(31)8-7-18-10-19(41-15-40-3)11-21(24(18)20)27-16(2)26-25(29(38)42-27)28(36-30(35-26)43(4)39)32-12-17-6-9-23-33-14-34-37(23)13-17/h6-11,13-14H,5,12,15H2,1-4H3,(H,32,35,36). The lowest BCUT2D eigenvalue weighted by molar-refractivity contribution is 0.0512. The number of nitrogens with zero attached hydrogens (tertiary/aromatic N) is 5. The van der Waals surface area contributed by atoms with Gasteiger partial charge in [-0.05, 0) is 59.5 Å². The Hall–Kier alpha value is -4.75. The summed E-state index contributed by atoms with van der Waals surface area (Å²) in [5, 5.41) is 8.78. The SMILES string of the molecule is CCc1c(F)ccc2cc(OCOC)cc(-c3oc(=O)c4c(NCc5ccc6ncnn6c5)nc(S(C)=O)nc4c3C)c12. The highest BCUT2D eigenvalue weighted by atomic mass is 32.2. The fourth-order valence-electron chi connectivity index (χ4n) is 5.12. The Kier molecular flexibility index (Phi) is 7.59. The molecule has 0 aliphatic carbocycles. The highest BCUT2D eigenvalue weighted by molar-refractivity contribution is 7.84. The maximum absolute atomic E-state index is 15.0. The Bertz CT molecular complexity index is 2110. The van der Waals surface area contributed by atoms with Gasteiger partial charge in [-0.25, -0.2) is 28.7 Å². The second-order valence-electron chi connectivity index (χ2n) is 9.83. The van der Waals surface area contributed by atoms with Crippen LogP contribution in [0, 0.1) is 12.7 Å². The van der Waals surface area contributed by atoms with Crippen LogP contribution < -0.4 is 15.7 Å². The van der Waals surface area contributed by atoms with Crippen molar-refractivity contribution in [1.29, 1.82) is 0 Å². The zero-order chi connectivity index (χ0) is 30.2. The maximum Gasteiger partial charge on any atom is 0.349 e. The zero-order valence-electron chi connectivity index (χ0n) is 23.8. The molecule has 6 rings (SSSR count). The molecule has 4 aromatic heterocycles. The molecule has 0 bridgehead atoms. The molecule has 0 saturated carbocycles. The summed E-state index contributed by atoms with van der Waals surface area (Å²) in [4.78, 5) is 26.8. The van der Waals surface area contributed by atoms with Gasteiger partial charge in [0.05, 0.1) is 16.3 Å². The van der Waals surface area contributed by atoms with Crippen molar-refractivity contribution < 1.29 is 22.5 Å². The van der Waals surface area contributed by atoms with E-state index in [1.165, 1.54) is 25.8 Å². The number of benzene rings is 2. The monoisotopic (exact) mass is 602 g/mol. The van der Waals surface area contributed by atoms with Crippen LogP contribution in [0.5, 0.6) is 5.75 Å². The average molecular weight is 603 g/mol. The summed E-state index contributed by atoms with van der Waals surface area (Å²) in [7, 11) is -0.0547. The molecule has 6 aromatic rings. The second-order valence-corrected chi connectivity index (χ2v) is 11.1. The Morgan fingerprint density at radius 2 is 1.98 bits per heavy atom. The lowest BCUT2D eigenvalue weighted by Crippen LogP contribution is -2.13. The van der Waals surface area contributed by atoms with Gasteiger partial charge < -0.3 is 19.2 Å². The maximum atomic E-state index is 15.0. The molecule has 4 heterocycles. The van der Waals surface area contributed by atoms with Crippen molar-refractivity contribution >= 4 is 43.9 Å². The summed E-state index contributed by atoms with van der Waals surface area (Å²) < 4.78 is 46.0. The van der Waals surface area contributed by atoms with Crippen LogP contribution in [0.3, 0.4) is 0 Å². The van der Waals surface area contributed by atoms with Crippen molar-refractivity contribution in [3.05, 3.63) is 81.9 Å². The number of rotatable bonds is 9. The molecule has 43 heavy (non-hydrogen) atoms. The summed E-state index contributed by atoms with van der Waals surface area (Å²) in [5.74, 6) is 0.452. The van der Waals surface area contributed by atoms with Crippen molar-refractivity contribution in [2.45, 2.75) is 32.0 Å². The van der Waals surface area contributed by atoms with Crippen LogP contribution in [-0.2, 0) is 28.5 Å². The number of ether oxygens (including phenoxy) is 2. The predicted molar refractivity (Wildman–Crippen MR) is 160 cm³/mol. The number of pyridine rings is 1. The molecule has 1 N–H and O–H groups in total. The lowest BCUT2D eigenvalue weighted by atomic mass is 9.93. The Balaban J connectivity index is 1.55. The summed E-state index contributed by atoms with van der Waals surface area (Å²) in [5.41, 5.74) is 2.53. The van der Waals surface area contributed by atoms with E-state index in [4.69, 9.17) is 13.9 Å². The minimum absolute atomic E-state index is 0.00873. The lowest BCUT2D eigenvalue weighted by Gasteiger charge is -2.17. The van der Waals surface area contributed by atoms with Crippen molar-refractivity contribution in [3.63, 3.8) is 0 Å². The first-order chi connectivity index (χ1) is 20.8. The van der Waals surface area contributed by atoms with E-state index in [1.54, 1.807) is 35.8 Å². The molecule has 1 unspecified atom stereocenters. The van der Waals surface area contributed by atoms with Crippen LogP contribution >= 0.6 is 0 Å². The highest BCUT2D eigenvalue weighted by Crippen LogP contribution is 2.39. The third-order valence-electron chi connectivity index (χ3n) is 7.12. The van der Waals surface area contributed by atoms with E-state index in [0.717, 1.165) is 5.56 Å². The molecule has 2 aromatic carbocycles. The third kappa shape index (κ3) is 5.21. The van der Waals surface area contributed by atoms with Gasteiger partial charge in [-0.15, -0.1) is 0 Å². The number of nitrogens with one attached hydrogen (secondary N) is 1. The van der Waals surface area contributed by atoms with E-state index < -0.39 is 16.4 Å². The molecule has 0 saturated heterocycles. The van der Waals surface area contributed by atoms with Gasteiger partial charge in [-0.2, -0.15) is 5.10 Å². The fourth-order valence-corrected chi connectivity index (χ4v) is 5.56. The van der Waals surface area contributed by atoms with E-state index in [2.05, 4.69) is 25.4 Å². The van der Waals surface area contributed by atoms with Gasteiger partial charge in [0.25, 0.3) is 0 Å². The summed E-state index contributed by atoms with van der Waals surface area (Å²) in [6.07, 6.45) is 5.13. The number of aryl methyl sites for hydroxylation is 2. The molecule has 0 amide bonds. The van der Waals surface area contributed by atoms with Crippen LogP contribution in [0.1, 0.15) is 23.6 Å². The molecule has 11 nitrogen and oxygen atoms in total. The molecular weight excluding hydrogens is 575 g/mol. The van der Waals surface area contributed by atoms with Crippen molar-refractivity contribution in [3.8, 4) is 17.1 Å². The number of aromatic nitrogens is 5. The molecule has 1 atom stereocenters.